The number of rotatable bonds is 3. The molecule has 130 valence electrons. The third kappa shape index (κ3) is 27.6. The monoisotopic (exact) mass is 528 g/mol. The van der Waals surface area contributed by atoms with Crippen molar-refractivity contribution < 1.29 is 44.3 Å². The summed E-state index contributed by atoms with van der Waals surface area (Å²) < 4.78 is 37.5. The van der Waals surface area contributed by atoms with Crippen LogP contribution in [0.1, 0.15) is 13.8 Å². The van der Waals surface area contributed by atoms with Crippen molar-refractivity contribution in [3.63, 3.8) is 0 Å². The fourth-order valence-corrected chi connectivity index (χ4v) is 2.73. The molecule has 1 rings (SSSR count). The van der Waals surface area contributed by atoms with E-state index in [-0.39, 0.29) is 29.0 Å². The summed E-state index contributed by atoms with van der Waals surface area (Å²) in [5, 5.41) is 1.42. The Morgan fingerprint density at radius 1 is 0.840 bits per heavy atom. The molecule has 0 saturated carbocycles. The normalized spacial score (nSPS) is 8.12. The van der Waals surface area contributed by atoms with Crippen LogP contribution in [0.3, 0.4) is 0 Å². The SMILES string of the molecule is C=C(C)/C(C)=C/P(C)c1ccccc1.[C-]#[O+].[C-]#[O+].[C-]#[O+].[C-]#[O+].[C-]#[O+].[W]. The molecule has 0 aromatic heterocycles. The third-order valence-corrected chi connectivity index (χ3v) is 4.11. The van der Waals surface area contributed by atoms with Gasteiger partial charge in [-0.25, -0.2) is 0 Å². The van der Waals surface area contributed by atoms with E-state index in [1.54, 1.807) is 0 Å². The molecule has 1 unspecified atom stereocenters. The largest absolute Gasteiger partial charge is 0 e. The molecule has 0 N–H and O–H groups in total. The first-order valence-electron chi connectivity index (χ1n) is 5.75. The van der Waals surface area contributed by atoms with E-state index < -0.39 is 0 Å². The minimum Gasteiger partial charge on any atom is 0 e. The number of hydrogen-bond acceptors (Lipinski definition) is 0. The van der Waals surface area contributed by atoms with E-state index in [9.17, 15) is 0 Å². The van der Waals surface area contributed by atoms with Crippen LogP contribution in [0.25, 0.3) is 0 Å². The molecule has 0 amide bonds. The number of hydrogen-bond donors (Lipinski definition) is 0. The Kier molecular flexibility index (Phi) is 59.4. The van der Waals surface area contributed by atoms with Gasteiger partial charge in [-0.2, -0.15) is 0 Å². The van der Waals surface area contributed by atoms with Gasteiger partial charge in [0.1, 0.15) is 0 Å². The molecule has 1 atom stereocenters. The molecule has 0 aliphatic rings. The number of allylic oxidation sites excluding steroid dienone is 2. The van der Waals surface area contributed by atoms with Crippen LogP contribution in [0.15, 0.2) is 53.9 Å². The first kappa shape index (κ1) is 38.9. The molecule has 7 heteroatoms. The second kappa shape index (κ2) is 38.2. The van der Waals surface area contributed by atoms with Crippen molar-refractivity contribution in [2.24, 2.45) is 0 Å². The van der Waals surface area contributed by atoms with Gasteiger partial charge in [-0.05, 0) is 31.4 Å². The van der Waals surface area contributed by atoms with Gasteiger partial charge in [-0.1, -0.05) is 56.2 Å². The van der Waals surface area contributed by atoms with E-state index in [4.69, 9.17) is 23.3 Å². The fraction of sp³-hybridized carbons (Fsp3) is 0.167. The predicted octanol–water partition coefficient (Wildman–Crippen LogP) is 3.71. The minimum atomic E-state index is -0.170. The fourth-order valence-electron chi connectivity index (χ4n) is 1.14. The number of benzene rings is 1. The smallest absolute Gasteiger partial charge is 0 e. The van der Waals surface area contributed by atoms with Gasteiger partial charge in [0.25, 0.3) is 0 Å². The molecular formula is C18H17O5PW. The van der Waals surface area contributed by atoms with Crippen LogP contribution < -0.4 is 5.30 Å². The van der Waals surface area contributed by atoms with E-state index >= 15 is 0 Å². The zero-order valence-electron chi connectivity index (χ0n) is 14.1. The van der Waals surface area contributed by atoms with E-state index in [2.05, 4.69) is 96.5 Å². The summed E-state index contributed by atoms with van der Waals surface area (Å²) in [5.41, 5.74) is 2.47. The van der Waals surface area contributed by atoms with Gasteiger partial charge in [0.2, 0.25) is 0 Å². The molecule has 0 radical (unpaired) electrons. The minimum absolute atomic E-state index is 0. The molecular weight excluding hydrogens is 511 g/mol. The summed E-state index contributed by atoms with van der Waals surface area (Å²) >= 11 is 0. The summed E-state index contributed by atoms with van der Waals surface area (Å²) in [6, 6.07) is 10.6. The van der Waals surface area contributed by atoms with Gasteiger partial charge in [0.05, 0.1) is 0 Å². The van der Waals surface area contributed by atoms with E-state index in [1.165, 1.54) is 10.9 Å². The third-order valence-electron chi connectivity index (χ3n) is 2.22. The topological polar surface area (TPSA) is 99.5 Å². The van der Waals surface area contributed by atoms with E-state index in [0.717, 1.165) is 5.57 Å². The van der Waals surface area contributed by atoms with Gasteiger partial charge in [-0.15, -0.1) is 0 Å². The molecule has 5 nitrogen and oxygen atoms in total. The predicted molar refractivity (Wildman–Crippen MR) is 87.1 cm³/mol. The molecule has 0 bridgehead atoms. The molecule has 0 spiro atoms. The van der Waals surface area contributed by atoms with Crippen molar-refractivity contribution in [1.82, 2.24) is 0 Å². The molecule has 1 aromatic rings. The molecule has 0 fully saturated rings. The van der Waals surface area contributed by atoms with Crippen LogP contribution in [0.5, 0.6) is 0 Å². The van der Waals surface area contributed by atoms with Crippen LogP contribution in [0.2, 0.25) is 0 Å². The Morgan fingerprint density at radius 3 is 1.44 bits per heavy atom. The Bertz CT molecular complexity index is 507. The first-order chi connectivity index (χ1) is 11.6. The van der Waals surface area contributed by atoms with Crippen molar-refractivity contribution in [3.8, 4) is 0 Å². The Hall–Kier alpha value is -1.48. The second-order valence-electron chi connectivity index (χ2n) is 3.54. The van der Waals surface area contributed by atoms with Gasteiger partial charge < -0.3 is 0 Å². The molecule has 0 heterocycles. The maximum Gasteiger partial charge on any atom is 0 e. The quantitative estimate of drug-likeness (QED) is 0.248. The van der Waals surface area contributed by atoms with Crippen LogP contribution >= 0.6 is 7.92 Å². The van der Waals surface area contributed by atoms with Gasteiger partial charge in [0.15, 0.2) is 0 Å². The summed E-state index contributed by atoms with van der Waals surface area (Å²) in [6.07, 6.45) is 0. The summed E-state index contributed by atoms with van der Waals surface area (Å²) in [5.74, 6) is 2.33. The van der Waals surface area contributed by atoms with Crippen LogP contribution in [-0.4, -0.2) is 6.66 Å². The Balaban J connectivity index is -0.0000000708. The molecule has 0 aliphatic carbocycles. The van der Waals surface area contributed by atoms with Crippen molar-refractivity contribution in [2.45, 2.75) is 13.8 Å². The Labute approximate surface area is 165 Å². The van der Waals surface area contributed by atoms with Crippen LogP contribution in [0, 0.1) is 33.3 Å². The first-order valence-corrected chi connectivity index (χ1v) is 7.61. The molecule has 1 aromatic carbocycles. The van der Waals surface area contributed by atoms with E-state index in [1.807, 2.05) is 0 Å². The van der Waals surface area contributed by atoms with Gasteiger partial charge in [-0.3, -0.25) is 0 Å². The average Bonchev–Trinajstić information content (AvgIpc) is 2.70. The molecule has 0 aliphatic heterocycles. The maximum absolute atomic E-state index is 7.50. The molecule has 25 heavy (non-hydrogen) atoms. The van der Waals surface area contributed by atoms with Crippen molar-refractivity contribution in [3.05, 3.63) is 87.1 Å². The summed E-state index contributed by atoms with van der Waals surface area (Å²) in [6.45, 7) is 32.9. The van der Waals surface area contributed by atoms with Crippen molar-refractivity contribution >= 4 is 13.2 Å². The second-order valence-corrected chi connectivity index (χ2v) is 5.54. The van der Waals surface area contributed by atoms with Crippen LogP contribution in [0.4, 0.5) is 0 Å². The van der Waals surface area contributed by atoms with E-state index in [0.29, 0.717) is 0 Å². The Morgan fingerprint density at radius 2 is 1.16 bits per heavy atom. The molecule has 0 saturated heterocycles. The maximum atomic E-state index is 7.50. The summed E-state index contributed by atoms with van der Waals surface area (Å²) in [7, 11) is -0.170. The van der Waals surface area contributed by atoms with Crippen molar-refractivity contribution in [2.75, 3.05) is 6.66 Å². The van der Waals surface area contributed by atoms with Gasteiger partial charge >= 0.3 is 56.5 Å². The van der Waals surface area contributed by atoms with Gasteiger partial charge in [0, 0.05) is 21.1 Å². The zero-order valence-corrected chi connectivity index (χ0v) is 17.9. The summed E-state index contributed by atoms with van der Waals surface area (Å²) in [4.78, 5) is 0. The van der Waals surface area contributed by atoms with Crippen LogP contribution in [-0.2, 0) is 44.3 Å². The standard InChI is InChI=1S/C13H17P.5CO.W/c1-11(2)12(3)10-14(4)13-8-6-5-7-9-13;5*1-2;/h5-10H,1H2,2-4H3;;;;;;/b12-10+;;;;;;. The zero-order chi connectivity index (χ0) is 20.6. The average molecular weight is 528 g/mol. The van der Waals surface area contributed by atoms with Crippen molar-refractivity contribution in [1.29, 1.82) is 0 Å².